The highest BCUT2D eigenvalue weighted by atomic mass is 16.8. The van der Waals surface area contributed by atoms with E-state index in [0.29, 0.717) is 83.5 Å². The molecule has 12 aliphatic rings. The van der Waals surface area contributed by atoms with Crippen LogP contribution in [-0.4, -0.2) is 277 Å². The van der Waals surface area contributed by atoms with Crippen LogP contribution in [0.5, 0.6) is 0 Å². The molecule has 14 N–H and O–H groups in total. The summed E-state index contributed by atoms with van der Waals surface area (Å²) in [6.45, 7) is 11.7. The van der Waals surface area contributed by atoms with Gasteiger partial charge in [-0.1, -0.05) is 125 Å². The summed E-state index contributed by atoms with van der Waals surface area (Å²) in [5, 5.41) is 136. The minimum absolute atomic E-state index is 0.0417. The van der Waals surface area contributed by atoms with Crippen molar-refractivity contribution in [2.75, 3.05) is 20.3 Å². The summed E-state index contributed by atoms with van der Waals surface area (Å²) in [7, 11) is 1.32. The maximum Gasteiger partial charge on any atom is 0.332 e. The Bertz CT molecular complexity index is 3180. The van der Waals surface area contributed by atoms with E-state index in [0.717, 1.165) is 64.2 Å². The van der Waals surface area contributed by atoms with Crippen LogP contribution in [0.3, 0.4) is 0 Å². The number of carbonyl (C=O) groups is 5. The second kappa shape index (κ2) is 40.0. The van der Waals surface area contributed by atoms with Crippen molar-refractivity contribution in [3.05, 3.63) is 0 Å². The van der Waals surface area contributed by atoms with Gasteiger partial charge < -0.3 is 129 Å². The minimum atomic E-state index is -1.85. The molecule has 116 heavy (non-hydrogen) atoms. The van der Waals surface area contributed by atoms with Gasteiger partial charge in [0.15, 0.2) is 37.4 Å². The van der Waals surface area contributed by atoms with E-state index in [1.165, 1.54) is 21.0 Å². The second-order valence-electron chi connectivity index (χ2n) is 37.5. The number of ether oxygens (including phenoxy) is 13. The third-order valence-electron chi connectivity index (χ3n) is 30.7. The van der Waals surface area contributed by atoms with Gasteiger partial charge in [0.05, 0.1) is 56.9 Å². The minimum Gasteiger partial charge on any atom is -0.479 e. The monoisotopic (exact) mass is 1650 g/mol. The Morgan fingerprint density at radius 3 is 1.42 bits per heavy atom. The molecule has 0 aromatic rings. The molecule has 0 radical (unpaired) electrons. The number of esters is 3. The quantitative estimate of drug-likeness (QED) is 0.0323. The topological polar surface area (TPSA) is 474 Å². The molecule has 39 atom stereocenters. The molecule has 0 spiro atoms. The molecule has 12 rings (SSSR count). The molecule has 8 unspecified atom stereocenters. The molecule has 31 nitrogen and oxygen atoms in total. The average Bonchev–Trinajstić information content (AvgIpc) is 1.41. The van der Waals surface area contributed by atoms with Gasteiger partial charge in [-0.15, -0.1) is 0 Å². The lowest BCUT2D eigenvalue weighted by molar-refractivity contribution is -0.342. The first kappa shape index (κ1) is 91.7. The number of nitrogens with two attached hydrogens (primary N) is 1. The largest absolute Gasteiger partial charge is 0.479 e. The van der Waals surface area contributed by atoms with E-state index in [9.17, 15) is 75.7 Å². The van der Waals surface area contributed by atoms with Crippen molar-refractivity contribution in [3.63, 3.8) is 0 Å². The predicted octanol–water partition coefficient (Wildman–Crippen LogP) is 5.23. The zero-order valence-electron chi connectivity index (χ0n) is 69.2. The van der Waals surface area contributed by atoms with E-state index in [-0.39, 0.29) is 86.0 Å². The van der Waals surface area contributed by atoms with Gasteiger partial charge in [0, 0.05) is 23.8 Å². The Labute approximate surface area is 681 Å². The molecular weight excluding hydrogens is 1510 g/mol. The van der Waals surface area contributed by atoms with E-state index in [1.807, 2.05) is 20.8 Å². The van der Waals surface area contributed by atoms with Crippen LogP contribution in [0.25, 0.3) is 0 Å². The number of aliphatic hydroxyl groups excluding tert-OH is 10. The lowest BCUT2D eigenvalue weighted by Gasteiger charge is -2.64. The number of carboxylic acid groups (broad SMARTS) is 2. The van der Waals surface area contributed by atoms with Crippen molar-refractivity contribution in [1.82, 2.24) is 0 Å². The van der Waals surface area contributed by atoms with Gasteiger partial charge in [-0.3, -0.25) is 14.4 Å². The van der Waals surface area contributed by atoms with Crippen molar-refractivity contribution >= 4 is 29.8 Å². The zero-order valence-corrected chi connectivity index (χ0v) is 69.2. The molecule has 4 saturated heterocycles. The second-order valence-corrected chi connectivity index (χ2v) is 37.5. The Morgan fingerprint density at radius 2 is 0.974 bits per heavy atom. The number of aliphatic carboxylic acids is 2. The van der Waals surface area contributed by atoms with Crippen LogP contribution < -0.4 is 5.73 Å². The SMILES string of the molecule is CC[C@@H]1CCC[C@@H](O[C@@H]2O[C@@H](CO)[C@H](O)C(O[C@@H](CC3CCCCC3)C(=O)O)C2C(=O)O[C@H]2C[C@H]3[C@@H]([C@H](OC(=O)C4C(O[C@@H](CC5CCCCC5)C(=O)O)[C@@H](O)[C@H](CO)O[C@H]4O[C@@H]4CCC[C@@H](CC)[C@H]4OC4O[C@@H](C)[C@H](O)C(O)[C@@H]4O)C[C@@H]4C[C@@H](N)CC[C@@]43C)[C@@H]3CC[C@H]([C@H](C)CCC(=O)OC)[C@@]23C)[C@@H]1OC1O[C@@H](C)[C@H](O)[C@H](O)C1O. The lowest BCUT2D eigenvalue weighted by Crippen LogP contribution is -2.66. The number of fused-ring (bicyclic) bond motifs is 5. The molecule has 0 aromatic heterocycles. The zero-order chi connectivity index (χ0) is 83.5. The van der Waals surface area contributed by atoms with Crippen LogP contribution in [0, 0.1) is 81.8 Å². The molecule has 4 aliphatic heterocycles. The van der Waals surface area contributed by atoms with Gasteiger partial charge in [-0.25, -0.2) is 9.59 Å². The van der Waals surface area contributed by atoms with Crippen molar-refractivity contribution < 1.29 is 147 Å². The fraction of sp³-hybridized carbons (Fsp3) is 0.941. The van der Waals surface area contributed by atoms with Crippen LogP contribution in [-0.2, 0) is 85.6 Å². The van der Waals surface area contributed by atoms with Crippen molar-refractivity contribution in [2.24, 2.45) is 87.6 Å². The third-order valence-corrected chi connectivity index (χ3v) is 30.7. The first-order valence-corrected chi connectivity index (χ1v) is 44.3. The first-order valence-electron chi connectivity index (χ1n) is 44.3. The third kappa shape index (κ3) is 19.5. The van der Waals surface area contributed by atoms with E-state index in [2.05, 4.69) is 13.8 Å². The van der Waals surface area contributed by atoms with Gasteiger partial charge in [-0.2, -0.15) is 0 Å². The molecule has 0 aromatic carbocycles. The number of rotatable bonds is 30. The number of aliphatic hydroxyl groups is 10. The highest BCUT2D eigenvalue weighted by Crippen LogP contribution is 2.70. The number of carboxylic acids is 2. The number of carbonyl (C=O) groups excluding carboxylic acids is 3. The Balaban J connectivity index is 0.936. The van der Waals surface area contributed by atoms with Crippen molar-refractivity contribution in [3.8, 4) is 0 Å². The molecule has 8 aliphatic carbocycles. The summed E-state index contributed by atoms with van der Waals surface area (Å²) in [6, 6.07) is -0.276. The lowest BCUT2D eigenvalue weighted by atomic mass is 9.43. The standard InChI is InChI=1S/C85H139NO30/c1-9-45-23-17-25-52(72(45)115-82-70(96)68(94)64(90)41(4)105-82)110-80-62(74(66(92)57(38-87)112-80)107-55(76(98)99)33-43-19-13-11-14-20-43)78(102)109-54-36-47-35-48(86)31-32-84(47,6)51-37-59(85(7)49(28-29-50(85)61(51)54)40(3)27-30-60(89)104-8)114-79(103)63-75(108-56(77(100)101)34-44-21-15-12-16-22-44)67(93)58(39-88)113-81(63)111-53-26-18-24-46(10-2)73(53)116-83-71(97)69(95)65(91)42(5)106-83/h40-59,61-75,80-83,87-88,90-97H,9-39,86H2,1-8H3,(H,98,99)(H,100,101)/t40-,41+,42+,45-,46-,47+,48+,49-,50+,51+,52-,53-,54-,55+,56+,57+,58+,59+,61+,62?,63?,64+,65+,66+,67+,68?,69+,70+,71?,72-,73-,74?,75?,80-,81-,82?,83?,84+,85-/m1/s1. The normalized spacial score (nSPS) is 45.9. The predicted molar refractivity (Wildman–Crippen MR) is 409 cm³/mol. The molecule has 4 heterocycles. The molecular formula is C85H139NO30. The average molecular weight is 1660 g/mol. The van der Waals surface area contributed by atoms with Crippen molar-refractivity contribution in [2.45, 2.75) is 400 Å². The summed E-state index contributed by atoms with van der Waals surface area (Å²) in [5.41, 5.74) is 5.35. The summed E-state index contributed by atoms with van der Waals surface area (Å²) in [6.07, 6.45) is -20.8. The Hall–Kier alpha value is -3.49. The molecule has 664 valence electrons. The Kier molecular flexibility index (Phi) is 31.6. The fourth-order valence-corrected chi connectivity index (χ4v) is 23.9. The highest BCUT2D eigenvalue weighted by molar-refractivity contribution is 5.76. The number of hydrogen-bond acceptors (Lipinski definition) is 29. The number of methoxy groups -OCH3 is 1. The summed E-state index contributed by atoms with van der Waals surface area (Å²) >= 11 is 0. The number of hydrogen-bond donors (Lipinski definition) is 13. The van der Waals surface area contributed by atoms with Gasteiger partial charge in [-0.05, 0) is 162 Å². The molecule has 0 amide bonds. The van der Waals surface area contributed by atoms with E-state index in [1.54, 1.807) is 0 Å². The first-order chi connectivity index (χ1) is 55.4. The maximum absolute atomic E-state index is 16.8. The van der Waals surface area contributed by atoms with Gasteiger partial charge in [0.1, 0.15) is 97.3 Å². The van der Waals surface area contributed by atoms with Crippen LogP contribution in [0.4, 0.5) is 0 Å². The molecule has 0 bridgehead atoms. The van der Waals surface area contributed by atoms with Crippen LogP contribution in [0.15, 0.2) is 0 Å². The van der Waals surface area contributed by atoms with E-state index < -0.39 is 243 Å². The van der Waals surface area contributed by atoms with E-state index >= 15 is 9.59 Å². The Morgan fingerprint density at radius 1 is 0.500 bits per heavy atom. The summed E-state index contributed by atoms with van der Waals surface area (Å²) in [5.74, 6) is -11.5. The summed E-state index contributed by atoms with van der Waals surface area (Å²) < 4.78 is 85.9. The molecule has 8 saturated carbocycles. The van der Waals surface area contributed by atoms with Crippen LogP contribution in [0.1, 0.15) is 235 Å². The van der Waals surface area contributed by atoms with Gasteiger partial charge >= 0.3 is 29.8 Å². The maximum atomic E-state index is 16.8. The highest BCUT2D eigenvalue weighted by Gasteiger charge is 2.69. The molecule has 12 fully saturated rings. The van der Waals surface area contributed by atoms with Crippen LogP contribution in [0.2, 0.25) is 0 Å². The van der Waals surface area contributed by atoms with Gasteiger partial charge in [0.2, 0.25) is 0 Å². The fourth-order valence-electron chi connectivity index (χ4n) is 23.9. The van der Waals surface area contributed by atoms with Gasteiger partial charge in [0.25, 0.3) is 0 Å². The van der Waals surface area contributed by atoms with Crippen LogP contribution >= 0.6 is 0 Å². The smallest absolute Gasteiger partial charge is 0.332 e. The van der Waals surface area contributed by atoms with E-state index in [4.69, 9.17) is 67.3 Å². The van der Waals surface area contributed by atoms with Crippen molar-refractivity contribution in [1.29, 1.82) is 0 Å². The molecule has 31 heteroatoms. The summed E-state index contributed by atoms with van der Waals surface area (Å²) in [4.78, 5) is 74.0.